The Labute approximate surface area is 227 Å². The van der Waals surface area contributed by atoms with Crippen LogP contribution in [0.15, 0.2) is 48.5 Å². The van der Waals surface area contributed by atoms with Crippen molar-refractivity contribution in [3.05, 3.63) is 65.2 Å². The normalized spacial score (nSPS) is 21.5. The number of carbonyl (C=O) groups excluding carboxylic acids is 4. The number of aliphatic hydroxyl groups is 1. The molecular formula is C29H34N4O6. The average molecular weight is 535 g/mol. The Balaban J connectivity index is 1.27. The van der Waals surface area contributed by atoms with Crippen LogP contribution in [-0.2, 0) is 37.7 Å². The molecule has 1 unspecified atom stereocenters. The Morgan fingerprint density at radius 3 is 2.64 bits per heavy atom. The number of aliphatic hydroxyl groups excluding tert-OH is 1. The maximum Gasteiger partial charge on any atom is 0.418 e. The van der Waals surface area contributed by atoms with Crippen molar-refractivity contribution in [1.82, 2.24) is 9.80 Å². The molecule has 1 spiro atoms. The molecule has 1 heterocycles. The maximum absolute atomic E-state index is 13.6. The van der Waals surface area contributed by atoms with Gasteiger partial charge < -0.3 is 25.8 Å². The molecule has 3 atom stereocenters. The fourth-order valence-corrected chi connectivity index (χ4v) is 5.53. The van der Waals surface area contributed by atoms with Gasteiger partial charge in [0.15, 0.2) is 0 Å². The van der Waals surface area contributed by atoms with Crippen molar-refractivity contribution >= 4 is 29.5 Å². The van der Waals surface area contributed by atoms with Crippen LogP contribution in [0.5, 0.6) is 0 Å². The lowest BCUT2D eigenvalue weighted by Gasteiger charge is -2.30. The molecule has 0 bridgehead atoms. The number of carbonyl (C=O) groups is 4. The van der Waals surface area contributed by atoms with E-state index in [1.807, 2.05) is 35.2 Å². The zero-order chi connectivity index (χ0) is 27.7. The molecule has 10 heteroatoms. The van der Waals surface area contributed by atoms with E-state index in [-0.39, 0.29) is 31.3 Å². The summed E-state index contributed by atoms with van der Waals surface area (Å²) in [6.45, 7) is 2.01. The second-order valence-corrected chi connectivity index (χ2v) is 10.6. The molecule has 0 radical (unpaired) electrons. The molecule has 4 N–H and O–H groups in total. The van der Waals surface area contributed by atoms with Gasteiger partial charge in [-0.2, -0.15) is 0 Å². The number of aryl methyl sites for hydroxylation is 1. The van der Waals surface area contributed by atoms with Gasteiger partial charge in [-0.05, 0) is 55.4 Å². The van der Waals surface area contributed by atoms with E-state index in [1.54, 1.807) is 18.2 Å². The van der Waals surface area contributed by atoms with Crippen molar-refractivity contribution in [2.45, 2.75) is 63.3 Å². The molecule has 4 amide bonds. The zero-order valence-corrected chi connectivity index (χ0v) is 22.0. The lowest BCUT2D eigenvalue weighted by Crippen LogP contribution is -2.42. The van der Waals surface area contributed by atoms with Crippen LogP contribution in [0.25, 0.3) is 0 Å². The van der Waals surface area contributed by atoms with E-state index in [0.717, 1.165) is 28.9 Å². The van der Waals surface area contributed by atoms with Gasteiger partial charge in [-0.25, -0.2) is 9.69 Å². The van der Waals surface area contributed by atoms with Crippen LogP contribution in [0, 0.1) is 5.92 Å². The number of nitrogens with one attached hydrogen (secondary N) is 1. The summed E-state index contributed by atoms with van der Waals surface area (Å²) in [6.07, 6.45) is 2.21. The van der Waals surface area contributed by atoms with Gasteiger partial charge in [-0.1, -0.05) is 36.4 Å². The summed E-state index contributed by atoms with van der Waals surface area (Å²) in [4.78, 5) is 54.7. The van der Waals surface area contributed by atoms with E-state index in [4.69, 9.17) is 15.6 Å². The monoisotopic (exact) mass is 534 g/mol. The van der Waals surface area contributed by atoms with Crippen LogP contribution >= 0.6 is 0 Å². The molecule has 2 aromatic carbocycles. The SMILES string of the molecule is C[C@@H](C1CC1)N(Cc1ccccc1)C(=O)CCN1C(=O)OC2(CCc3cc(NC(=O)[C@@H](N)CO)ccc32)C1=O. The number of hydrogen-bond acceptors (Lipinski definition) is 7. The van der Waals surface area contributed by atoms with Gasteiger partial charge in [-0.3, -0.25) is 14.4 Å². The number of amides is 4. The summed E-state index contributed by atoms with van der Waals surface area (Å²) < 4.78 is 5.69. The summed E-state index contributed by atoms with van der Waals surface area (Å²) >= 11 is 0. The number of nitrogens with zero attached hydrogens (tertiary/aromatic N) is 2. The van der Waals surface area contributed by atoms with Crippen LogP contribution in [-0.4, -0.2) is 64.0 Å². The fraction of sp³-hybridized carbons (Fsp3) is 0.448. The van der Waals surface area contributed by atoms with Crippen molar-refractivity contribution in [3.63, 3.8) is 0 Å². The van der Waals surface area contributed by atoms with Crippen LogP contribution in [0.3, 0.4) is 0 Å². The van der Waals surface area contributed by atoms with E-state index in [0.29, 0.717) is 30.1 Å². The fourth-order valence-electron chi connectivity index (χ4n) is 5.53. The molecule has 1 aliphatic heterocycles. The standard InChI is InChI=1S/C29H34N4O6/c1-18(20-7-8-20)33(16-19-5-3-2-4-6-19)25(35)12-14-32-27(37)29(39-28(32)38)13-11-21-15-22(9-10-23(21)29)31-26(36)24(30)17-34/h2-6,9-10,15,18,20,24,34H,7-8,11-14,16-17,30H2,1H3,(H,31,36)/t18-,24-,29?/m0/s1. The Bertz CT molecular complexity index is 1280. The zero-order valence-electron chi connectivity index (χ0n) is 22.0. The smallest absolute Gasteiger partial charge is 0.418 e. The van der Waals surface area contributed by atoms with Gasteiger partial charge in [0.2, 0.25) is 17.4 Å². The molecule has 2 aromatic rings. The predicted molar refractivity (Wildman–Crippen MR) is 142 cm³/mol. The summed E-state index contributed by atoms with van der Waals surface area (Å²) in [6, 6.07) is 13.8. The highest BCUT2D eigenvalue weighted by molar-refractivity contribution is 6.04. The molecule has 2 aliphatic carbocycles. The van der Waals surface area contributed by atoms with E-state index in [1.165, 1.54) is 0 Å². The molecule has 1 saturated carbocycles. The van der Waals surface area contributed by atoms with E-state index < -0.39 is 36.2 Å². The van der Waals surface area contributed by atoms with Gasteiger partial charge >= 0.3 is 6.09 Å². The number of nitrogens with two attached hydrogens (primary N) is 1. The first-order valence-electron chi connectivity index (χ1n) is 13.4. The van der Waals surface area contributed by atoms with Crippen molar-refractivity contribution in [1.29, 1.82) is 0 Å². The maximum atomic E-state index is 13.6. The Kier molecular flexibility index (Phi) is 7.42. The molecule has 3 aliphatic rings. The van der Waals surface area contributed by atoms with E-state index in [9.17, 15) is 19.2 Å². The van der Waals surface area contributed by atoms with Gasteiger partial charge in [0, 0.05) is 43.2 Å². The minimum absolute atomic E-state index is 0.0176. The Morgan fingerprint density at radius 2 is 1.95 bits per heavy atom. The second kappa shape index (κ2) is 10.8. The molecule has 1 saturated heterocycles. The Morgan fingerprint density at radius 1 is 1.21 bits per heavy atom. The Hall–Kier alpha value is -3.76. The molecule has 39 heavy (non-hydrogen) atoms. The van der Waals surface area contributed by atoms with Crippen molar-refractivity contribution in [3.8, 4) is 0 Å². The molecular weight excluding hydrogens is 500 g/mol. The highest BCUT2D eigenvalue weighted by Crippen LogP contribution is 2.46. The number of imide groups is 1. The number of anilines is 1. The van der Waals surface area contributed by atoms with Crippen molar-refractivity contribution in [2.24, 2.45) is 11.7 Å². The highest BCUT2D eigenvalue weighted by Gasteiger charge is 2.58. The average Bonchev–Trinajstić information content (AvgIpc) is 3.69. The van der Waals surface area contributed by atoms with E-state index >= 15 is 0 Å². The van der Waals surface area contributed by atoms with Crippen LogP contribution in [0.1, 0.15) is 49.3 Å². The number of hydrogen-bond donors (Lipinski definition) is 3. The summed E-state index contributed by atoms with van der Waals surface area (Å²) in [5.74, 6) is -0.624. The first-order chi connectivity index (χ1) is 18.7. The summed E-state index contributed by atoms with van der Waals surface area (Å²) in [5, 5.41) is 11.7. The molecule has 0 aromatic heterocycles. The number of ether oxygens (including phenoxy) is 1. The third-order valence-electron chi connectivity index (χ3n) is 8.02. The first-order valence-corrected chi connectivity index (χ1v) is 13.4. The topological polar surface area (TPSA) is 142 Å². The van der Waals surface area contributed by atoms with Gasteiger partial charge in [0.05, 0.1) is 6.61 Å². The summed E-state index contributed by atoms with van der Waals surface area (Å²) in [7, 11) is 0. The van der Waals surface area contributed by atoms with Crippen LogP contribution in [0.4, 0.5) is 10.5 Å². The quantitative estimate of drug-likeness (QED) is 0.424. The number of fused-ring (bicyclic) bond motifs is 2. The van der Waals surface area contributed by atoms with E-state index in [2.05, 4.69) is 12.2 Å². The minimum atomic E-state index is -1.43. The van der Waals surface area contributed by atoms with Gasteiger partial charge in [0.1, 0.15) is 6.04 Å². The second-order valence-electron chi connectivity index (χ2n) is 10.6. The summed E-state index contributed by atoms with van der Waals surface area (Å²) in [5.41, 5.74) is 7.00. The predicted octanol–water partition coefficient (Wildman–Crippen LogP) is 2.28. The third-order valence-corrected chi connectivity index (χ3v) is 8.02. The molecule has 2 fully saturated rings. The lowest BCUT2D eigenvalue weighted by atomic mass is 9.94. The molecule has 206 valence electrons. The third kappa shape index (κ3) is 5.26. The van der Waals surface area contributed by atoms with Crippen LogP contribution in [0.2, 0.25) is 0 Å². The highest BCUT2D eigenvalue weighted by atomic mass is 16.6. The lowest BCUT2D eigenvalue weighted by molar-refractivity contribution is -0.138. The number of benzene rings is 2. The molecule has 5 rings (SSSR count). The largest absolute Gasteiger partial charge is 0.427 e. The van der Waals surface area contributed by atoms with Crippen LogP contribution < -0.4 is 11.1 Å². The van der Waals surface area contributed by atoms with Crippen molar-refractivity contribution in [2.75, 3.05) is 18.5 Å². The number of rotatable bonds is 10. The van der Waals surface area contributed by atoms with Gasteiger partial charge in [-0.15, -0.1) is 0 Å². The first kappa shape index (κ1) is 26.8. The van der Waals surface area contributed by atoms with Crippen molar-refractivity contribution < 1.29 is 29.0 Å². The minimum Gasteiger partial charge on any atom is -0.427 e. The van der Waals surface area contributed by atoms with Gasteiger partial charge in [0.25, 0.3) is 5.91 Å². The molecule has 10 nitrogen and oxygen atoms in total.